The predicted molar refractivity (Wildman–Crippen MR) is 223 cm³/mol. The Morgan fingerprint density at radius 2 is 0.963 bits per heavy atom. The number of fused-ring (bicyclic) bond motifs is 8. The fourth-order valence-corrected chi connectivity index (χ4v) is 8.10. The van der Waals surface area contributed by atoms with Crippen LogP contribution >= 0.6 is 0 Å². The monoisotopic (exact) mass is 692 g/mol. The Labute approximate surface area is 311 Å². The van der Waals surface area contributed by atoms with Gasteiger partial charge in [0.1, 0.15) is 11.2 Å². The van der Waals surface area contributed by atoms with E-state index in [1.54, 1.807) is 0 Å². The molecule has 0 N–H and O–H groups in total. The van der Waals surface area contributed by atoms with E-state index in [1.165, 1.54) is 0 Å². The molecular weight excluding hydrogens is 661 g/mol. The molecule has 0 saturated heterocycles. The number of nitrogens with zero attached hydrogens (tertiary/aromatic N) is 2. The van der Waals surface area contributed by atoms with E-state index in [0.29, 0.717) is 0 Å². The maximum atomic E-state index is 7.06. The van der Waals surface area contributed by atoms with Crippen LogP contribution in [0.2, 0.25) is 0 Å². The zero-order chi connectivity index (χ0) is 35.6. The first-order valence-corrected chi connectivity index (χ1v) is 18.3. The number of hydrogen-bond acceptors (Lipinski definition) is 3. The first kappa shape index (κ1) is 30.3. The molecule has 11 aromatic rings. The highest BCUT2D eigenvalue weighted by Crippen LogP contribution is 2.44. The number of aromatic nitrogens is 1. The number of rotatable bonds is 6. The Bertz CT molecular complexity index is 3100. The highest BCUT2D eigenvalue weighted by Gasteiger charge is 2.23. The molecule has 4 heteroatoms. The molecule has 254 valence electrons. The van der Waals surface area contributed by atoms with E-state index in [4.69, 9.17) is 8.83 Å². The summed E-state index contributed by atoms with van der Waals surface area (Å²) in [6.45, 7) is 0. The lowest BCUT2D eigenvalue weighted by atomic mass is 9.96. The third-order valence-corrected chi connectivity index (χ3v) is 10.6. The second-order valence-corrected chi connectivity index (χ2v) is 13.7. The number of hydrogen-bond donors (Lipinski definition) is 0. The standard InChI is InChI=1S/C50H32N2O2/c1-4-14-34(15-5-1)48-42-21-10-12-22-44(42)52-45-31-36(35-26-29-41-40-20-11-13-23-46(40)53-47(41)32-35)30-43(49(45)54-50(48)52)33-24-27-39(28-25-33)51(37-16-6-2-7-17-37)38-18-8-3-9-19-38/h1-32H. The van der Waals surface area contributed by atoms with Crippen molar-refractivity contribution in [3.05, 3.63) is 194 Å². The smallest absolute Gasteiger partial charge is 0.213 e. The van der Waals surface area contributed by atoms with Crippen LogP contribution in [0.15, 0.2) is 203 Å². The Kier molecular flexibility index (Phi) is 6.82. The van der Waals surface area contributed by atoms with Gasteiger partial charge in [-0.3, -0.25) is 4.40 Å². The lowest BCUT2D eigenvalue weighted by Gasteiger charge is -2.25. The van der Waals surface area contributed by atoms with E-state index in [9.17, 15) is 0 Å². The molecule has 0 amide bonds. The van der Waals surface area contributed by atoms with Gasteiger partial charge in [-0.25, -0.2) is 0 Å². The average molecular weight is 693 g/mol. The highest BCUT2D eigenvalue weighted by molar-refractivity contribution is 6.10. The van der Waals surface area contributed by atoms with E-state index in [1.807, 2.05) is 12.1 Å². The molecule has 0 radical (unpaired) electrons. The van der Waals surface area contributed by atoms with Crippen LogP contribution in [-0.2, 0) is 0 Å². The first-order valence-electron chi connectivity index (χ1n) is 18.3. The van der Waals surface area contributed by atoms with E-state index in [0.717, 1.165) is 100 Å². The summed E-state index contributed by atoms with van der Waals surface area (Å²) in [7, 11) is 0. The molecule has 0 fully saturated rings. The molecule has 3 aromatic heterocycles. The summed E-state index contributed by atoms with van der Waals surface area (Å²) in [5.74, 6) is 0. The maximum absolute atomic E-state index is 7.06. The van der Waals surface area contributed by atoms with Crippen LogP contribution in [0.3, 0.4) is 0 Å². The van der Waals surface area contributed by atoms with Gasteiger partial charge >= 0.3 is 0 Å². The summed E-state index contributed by atoms with van der Waals surface area (Å²) in [5, 5.41) is 3.40. The van der Waals surface area contributed by atoms with Crippen LogP contribution in [0.5, 0.6) is 0 Å². The van der Waals surface area contributed by atoms with E-state index in [-0.39, 0.29) is 0 Å². The minimum absolute atomic E-state index is 0.833. The molecule has 0 aliphatic carbocycles. The van der Waals surface area contributed by atoms with Crippen molar-refractivity contribution in [2.75, 3.05) is 4.90 Å². The molecule has 4 nitrogen and oxygen atoms in total. The van der Waals surface area contributed by atoms with Gasteiger partial charge in [0.25, 0.3) is 0 Å². The van der Waals surface area contributed by atoms with Crippen molar-refractivity contribution in [2.45, 2.75) is 0 Å². The van der Waals surface area contributed by atoms with Gasteiger partial charge in [-0.1, -0.05) is 121 Å². The quantitative estimate of drug-likeness (QED) is 0.174. The molecule has 0 spiro atoms. The fourth-order valence-electron chi connectivity index (χ4n) is 8.10. The minimum Gasteiger partial charge on any atom is -0.456 e. The van der Waals surface area contributed by atoms with Gasteiger partial charge in [-0.2, -0.15) is 0 Å². The van der Waals surface area contributed by atoms with Crippen molar-refractivity contribution in [3.63, 3.8) is 0 Å². The van der Waals surface area contributed by atoms with Gasteiger partial charge in [0.15, 0.2) is 5.58 Å². The molecular formula is C50H32N2O2. The van der Waals surface area contributed by atoms with Gasteiger partial charge < -0.3 is 13.7 Å². The molecule has 3 heterocycles. The Balaban J connectivity index is 1.15. The summed E-state index contributed by atoms with van der Waals surface area (Å²) < 4.78 is 15.7. The number of para-hydroxylation sites is 4. The number of oxazole rings is 1. The average Bonchev–Trinajstić information content (AvgIpc) is 3.90. The Hall–Kier alpha value is -7.30. The summed E-state index contributed by atoms with van der Waals surface area (Å²) in [6.07, 6.45) is 0. The first-order chi connectivity index (χ1) is 26.8. The zero-order valence-electron chi connectivity index (χ0n) is 29.2. The van der Waals surface area contributed by atoms with Crippen molar-refractivity contribution in [1.82, 2.24) is 4.40 Å². The van der Waals surface area contributed by atoms with E-state index in [2.05, 4.69) is 191 Å². The topological polar surface area (TPSA) is 33.9 Å². The van der Waals surface area contributed by atoms with Crippen LogP contribution in [0, 0.1) is 0 Å². The van der Waals surface area contributed by atoms with E-state index >= 15 is 0 Å². The Morgan fingerprint density at radius 3 is 1.70 bits per heavy atom. The van der Waals surface area contributed by atoms with Crippen molar-refractivity contribution in [3.8, 4) is 33.4 Å². The third-order valence-electron chi connectivity index (χ3n) is 10.6. The molecule has 0 atom stereocenters. The second-order valence-electron chi connectivity index (χ2n) is 13.7. The van der Waals surface area contributed by atoms with Crippen LogP contribution in [-0.4, -0.2) is 4.40 Å². The van der Waals surface area contributed by atoms with Crippen LogP contribution in [0.1, 0.15) is 0 Å². The van der Waals surface area contributed by atoms with Gasteiger partial charge in [0, 0.05) is 38.8 Å². The molecule has 11 rings (SSSR count). The lowest BCUT2D eigenvalue weighted by Crippen LogP contribution is -2.09. The van der Waals surface area contributed by atoms with Crippen LogP contribution < -0.4 is 4.90 Å². The predicted octanol–water partition coefficient (Wildman–Crippen LogP) is 14.2. The second kappa shape index (κ2) is 12.1. The SMILES string of the molecule is c1ccc(-c2c3ccccc3n3c2oc2c(-c4ccc(N(c5ccccc5)c5ccccc5)cc4)cc(-c4ccc5c(c4)oc4ccccc45)cc23)cc1. The third kappa shape index (κ3) is 4.78. The van der Waals surface area contributed by atoms with Crippen LogP contribution in [0.4, 0.5) is 17.1 Å². The van der Waals surface area contributed by atoms with Crippen LogP contribution in [0.25, 0.3) is 83.0 Å². The molecule has 0 bridgehead atoms. The van der Waals surface area contributed by atoms with Crippen molar-refractivity contribution < 1.29 is 8.83 Å². The molecule has 0 saturated carbocycles. The number of furan rings is 1. The summed E-state index contributed by atoms with van der Waals surface area (Å²) in [6, 6.07) is 68.3. The highest BCUT2D eigenvalue weighted by atomic mass is 16.3. The number of anilines is 3. The summed E-state index contributed by atoms with van der Waals surface area (Å²) in [5.41, 5.74) is 15.3. The molecule has 8 aromatic carbocycles. The van der Waals surface area contributed by atoms with Crippen molar-refractivity contribution >= 4 is 66.7 Å². The molecule has 54 heavy (non-hydrogen) atoms. The minimum atomic E-state index is 0.833. The van der Waals surface area contributed by atoms with Crippen molar-refractivity contribution in [1.29, 1.82) is 0 Å². The van der Waals surface area contributed by atoms with Gasteiger partial charge in [0.2, 0.25) is 5.71 Å². The van der Waals surface area contributed by atoms with E-state index < -0.39 is 0 Å². The fraction of sp³-hybridized carbons (Fsp3) is 0. The normalized spacial score (nSPS) is 11.7. The van der Waals surface area contributed by atoms with Gasteiger partial charge in [0.05, 0.1) is 16.6 Å². The molecule has 0 unspecified atom stereocenters. The lowest BCUT2D eigenvalue weighted by molar-refractivity contribution is 0.659. The van der Waals surface area contributed by atoms with Gasteiger partial charge in [-0.15, -0.1) is 0 Å². The molecule has 0 aliphatic rings. The number of benzene rings is 8. The van der Waals surface area contributed by atoms with Gasteiger partial charge in [-0.05, 0) is 95.1 Å². The zero-order valence-corrected chi connectivity index (χ0v) is 29.2. The summed E-state index contributed by atoms with van der Waals surface area (Å²) >= 11 is 0. The summed E-state index contributed by atoms with van der Waals surface area (Å²) in [4.78, 5) is 2.29. The van der Waals surface area contributed by atoms with Crippen molar-refractivity contribution in [2.24, 2.45) is 0 Å². The largest absolute Gasteiger partial charge is 0.456 e. The Morgan fingerprint density at radius 1 is 0.370 bits per heavy atom. The maximum Gasteiger partial charge on any atom is 0.213 e. The molecule has 0 aliphatic heterocycles.